The summed E-state index contributed by atoms with van der Waals surface area (Å²) in [5, 5.41) is 2.20. The van der Waals surface area contributed by atoms with E-state index < -0.39 is 0 Å². The van der Waals surface area contributed by atoms with Gasteiger partial charge in [0.05, 0.1) is 11.5 Å². The van der Waals surface area contributed by atoms with Crippen LogP contribution in [0.3, 0.4) is 0 Å². The molecule has 0 saturated heterocycles. The third-order valence-electron chi connectivity index (χ3n) is 11.8. The summed E-state index contributed by atoms with van der Waals surface area (Å²) >= 11 is 0. The van der Waals surface area contributed by atoms with Crippen molar-refractivity contribution in [2.75, 3.05) is 0 Å². The molecule has 0 unspecified atom stereocenters. The molecule has 64 heavy (non-hydrogen) atoms. The largest absolute Gasteiger partial charge is 2.00 e. The van der Waals surface area contributed by atoms with E-state index in [1.165, 1.54) is 16.7 Å². The van der Waals surface area contributed by atoms with Gasteiger partial charge >= 0.3 is 21.1 Å². The number of fused-ring (bicyclic) bond motifs is 3. The third kappa shape index (κ3) is 7.90. The van der Waals surface area contributed by atoms with Gasteiger partial charge in [0.2, 0.25) is 0 Å². The number of hydrogen-bond donors (Lipinski definition) is 0. The Morgan fingerprint density at radius 3 is 1.80 bits per heavy atom. The predicted molar refractivity (Wildman–Crippen MR) is 259 cm³/mol. The van der Waals surface area contributed by atoms with Crippen molar-refractivity contribution in [3.8, 4) is 67.8 Å². The van der Waals surface area contributed by atoms with Gasteiger partial charge in [-0.2, -0.15) is 6.07 Å². The molecule has 0 aliphatic rings. The molecular formula is C58H48N4OPt. The zero-order valence-corrected chi connectivity index (χ0v) is 39.1. The Morgan fingerprint density at radius 1 is 0.516 bits per heavy atom. The van der Waals surface area contributed by atoms with E-state index in [1.807, 2.05) is 55.0 Å². The van der Waals surface area contributed by atoms with Crippen molar-refractivity contribution < 1.29 is 25.8 Å². The Labute approximate surface area is 390 Å². The van der Waals surface area contributed by atoms with Gasteiger partial charge in [0.1, 0.15) is 5.82 Å². The Kier molecular flexibility index (Phi) is 11.3. The fourth-order valence-electron chi connectivity index (χ4n) is 8.92. The molecule has 10 aromatic rings. The number of pyridine rings is 1. The van der Waals surface area contributed by atoms with Crippen molar-refractivity contribution in [3.05, 3.63) is 206 Å². The summed E-state index contributed by atoms with van der Waals surface area (Å²) in [4.78, 5) is 9.93. The Bertz CT molecular complexity index is 3190. The Balaban J connectivity index is 0.00000518. The Hall–Kier alpha value is -6.81. The molecular weight excluding hydrogens is 964 g/mol. The zero-order chi connectivity index (χ0) is 43.3. The summed E-state index contributed by atoms with van der Waals surface area (Å²) in [6.45, 7) is 13.7. The predicted octanol–water partition coefficient (Wildman–Crippen LogP) is 15.0. The van der Waals surface area contributed by atoms with E-state index in [4.69, 9.17) is 14.7 Å². The number of ether oxygens (including phenoxy) is 1. The maximum Gasteiger partial charge on any atom is 2.00 e. The Morgan fingerprint density at radius 2 is 1.12 bits per heavy atom. The molecule has 3 heterocycles. The summed E-state index contributed by atoms with van der Waals surface area (Å²) in [7, 11) is 0. The second kappa shape index (κ2) is 17.0. The molecule has 0 radical (unpaired) electrons. The average molecular weight is 1010 g/mol. The van der Waals surface area contributed by atoms with Crippen molar-refractivity contribution in [1.29, 1.82) is 0 Å². The SMILES string of the molecule is CC(C)(C)c1cccc(C(C)(C)C)c1-c1ccnc(-n2c3[c-]c(Oc4[c-]c(-c5nccn5-c5c(-c6ccccc6)cccc5-c5ccccc5)ccc4)ccc3c3ccccc32)c1.[Pt+2]. The van der Waals surface area contributed by atoms with Gasteiger partial charge in [-0.05, 0) is 67.8 Å². The van der Waals surface area contributed by atoms with Gasteiger partial charge in [-0.15, -0.1) is 41.3 Å². The number of benzene rings is 7. The van der Waals surface area contributed by atoms with Crippen LogP contribution in [0.5, 0.6) is 11.5 Å². The van der Waals surface area contributed by atoms with Crippen LogP contribution in [0.25, 0.3) is 78.1 Å². The molecule has 7 aromatic carbocycles. The van der Waals surface area contributed by atoms with Crippen molar-refractivity contribution in [1.82, 2.24) is 19.1 Å². The number of aromatic nitrogens is 4. The minimum Gasteiger partial charge on any atom is -0.503 e. The summed E-state index contributed by atoms with van der Waals surface area (Å²) in [6.07, 6.45) is 5.81. The molecule has 3 aromatic heterocycles. The van der Waals surface area contributed by atoms with Crippen molar-refractivity contribution in [3.63, 3.8) is 0 Å². The van der Waals surface area contributed by atoms with Crippen LogP contribution in [0.4, 0.5) is 0 Å². The van der Waals surface area contributed by atoms with Gasteiger partial charge < -0.3 is 13.9 Å². The first-order chi connectivity index (χ1) is 30.5. The first kappa shape index (κ1) is 42.5. The van der Waals surface area contributed by atoms with Gasteiger partial charge in [-0.25, -0.2) is 4.98 Å². The molecule has 0 N–H and O–H groups in total. The molecule has 0 saturated carbocycles. The summed E-state index contributed by atoms with van der Waals surface area (Å²) in [6, 6.07) is 64.4. The van der Waals surface area contributed by atoms with Crippen LogP contribution in [0.2, 0.25) is 0 Å². The summed E-state index contributed by atoms with van der Waals surface area (Å²) in [5.41, 5.74) is 13.2. The molecule has 316 valence electrons. The monoisotopic (exact) mass is 1010 g/mol. The second-order valence-corrected chi connectivity index (χ2v) is 18.2. The van der Waals surface area contributed by atoms with Crippen molar-refractivity contribution >= 4 is 21.8 Å². The van der Waals surface area contributed by atoms with E-state index in [-0.39, 0.29) is 31.9 Å². The maximum atomic E-state index is 6.66. The van der Waals surface area contributed by atoms with Gasteiger partial charge in [-0.3, -0.25) is 4.98 Å². The minimum atomic E-state index is -0.0574. The molecule has 0 aliphatic carbocycles. The van der Waals surface area contributed by atoms with Crippen molar-refractivity contribution in [2.45, 2.75) is 52.4 Å². The first-order valence-corrected chi connectivity index (χ1v) is 21.6. The topological polar surface area (TPSA) is 44.9 Å². The van der Waals surface area contributed by atoms with Gasteiger partial charge in [-0.1, -0.05) is 168 Å². The molecule has 0 spiro atoms. The fraction of sp³-hybridized carbons (Fsp3) is 0.138. The first-order valence-electron chi connectivity index (χ1n) is 21.6. The van der Waals surface area contributed by atoms with Gasteiger partial charge in [0.25, 0.3) is 0 Å². The van der Waals surface area contributed by atoms with Gasteiger partial charge in [0.15, 0.2) is 0 Å². The van der Waals surface area contributed by atoms with Crippen LogP contribution < -0.4 is 4.74 Å². The van der Waals surface area contributed by atoms with Gasteiger partial charge in [0, 0.05) is 46.7 Å². The van der Waals surface area contributed by atoms with E-state index >= 15 is 0 Å². The molecule has 0 amide bonds. The van der Waals surface area contributed by atoms with Crippen molar-refractivity contribution in [2.24, 2.45) is 0 Å². The molecule has 0 fully saturated rings. The van der Waals surface area contributed by atoms with Crippen LogP contribution in [0.15, 0.2) is 182 Å². The van der Waals surface area contributed by atoms with Crippen LogP contribution in [0.1, 0.15) is 52.7 Å². The number of imidazole rings is 1. The molecule has 6 heteroatoms. The number of para-hydroxylation sites is 2. The molecule has 0 atom stereocenters. The van der Waals surface area contributed by atoms with E-state index in [1.54, 1.807) is 0 Å². The van der Waals surface area contributed by atoms with E-state index in [0.717, 1.165) is 72.5 Å². The third-order valence-corrected chi connectivity index (χ3v) is 11.8. The average Bonchev–Trinajstić information content (AvgIpc) is 3.92. The normalized spacial score (nSPS) is 11.8. The van der Waals surface area contributed by atoms with Crippen LogP contribution in [-0.2, 0) is 31.9 Å². The van der Waals surface area contributed by atoms with E-state index in [9.17, 15) is 0 Å². The summed E-state index contributed by atoms with van der Waals surface area (Å²) < 4.78 is 11.0. The second-order valence-electron chi connectivity index (χ2n) is 18.2. The zero-order valence-electron chi connectivity index (χ0n) is 36.8. The maximum absolute atomic E-state index is 6.66. The van der Waals surface area contributed by atoms with Crippen LogP contribution >= 0.6 is 0 Å². The van der Waals surface area contributed by atoms with E-state index in [0.29, 0.717) is 11.5 Å². The minimum absolute atomic E-state index is 0. The molecule has 0 aliphatic heterocycles. The number of nitrogens with zero attached hydrogens (tertiary/aromatic N) is 4. The number of hydrogen-bond acceptors (Lipinski definition) is 3. The van der Waals surface area contributed by atoms with Crippen LogP contribution in [0, 0.1) is 12.1 Å². The standard InChI is InChI=1S/C58H48N4O.Pt/c1-57(2,3)49-27-17-28-50(58(4,5)6)54(49)41-32-33-59-53(37-41)62-51-29-14-13-24-47(51)48-31-30-44(38-52(48)62)63-43-23-15-22-42(36-43)56-60-34-35-61(56)55-45(39-18-9-7-10-19-39)25-16-26-46(55)40-20-11-8-12-21-40;/h7-35,37H,1-6H3;/q-2;+2. The molecule has 5 nitrogen and oxygen atoms in total. The fourth-order valence-corrected chi connectivity index (χ4v) is 8.92. The smallest absolute Gasteiger partial charge is 0.503 e. The quantitative estimate of drug-likeness (QED) is 0.143. The number of rotatable bonds is 8. The van der Waals surface area contributed by atoms with E-state index in [2.05, 4.69) is 190 Å². The van der Waals surface area contributed by atoms with Crippen LogP contribution in [-0.4, -0.2) is 19.1 Å². The summed E-state index contributed by atoms with van der Waals surface area (Å²) in [5.74, 6) is 2.72. The molecule has 0 bridgehead atoms. The molecule has 10 rings (SSSR count).